The van der Waals surface area contributed by atoms with Crippen LogP contribution in [0.1, 0.15) is 11.1 Å². The van der Waals surface area contributed by atoms with Crippen LogP contribution in [0.25, 0.3) is 6.08 Å². The van der Waals surface area contributed by atoms with Crippen molar-refractivity contribution >= 4 is 57.8 Å². The van der Waals surface area contributed by atoms with Crippen molar-refractivity contribution in [2.24, 2.45) is 0 Å². The maximum absolute atomic E-state index is 13.5. The summed E-state index contributed by atoms with van der Waals surface area (Å²) in [4.78, 5) is 26.0. The lowest BCUT2D eigenvalue weighted by molar-refractivity contribution is -0.137. The molecule has 4 rings (SSSR count). The average molecular weight is 532 g/mol. The number of nitrogens with one attached hydrogen (secondary N) is 2. The van der Waals surface area contributed by atoms with Gasteiger partial charge in [0.2, 0.25) is 0 Å². The van der Waals surface area contributed by atoms with E-state index < -0.39 is 29.2 Å². The summed E-state index contributed by atoms with van der Waals surface area (Å²) in [5, 5.41) is 11.0. The van der Waals surface area contributed by atoms with E-state index in [4.69, 9.17) is 21.7 Å². The van der Waals surface area contributed by atoms with E-state index in [0.717, 1.165) is 28.8 Å². The molecular formula is C25H17ClF3N3O3S. The van der Waals surface area contributed by atoms with Crippen molar-refractivity contribution in [3.8, 4) is 5.75 Å². The first-order valence-electron chi connectivity index (χ1n) is 10.4. The predicted molar refractivity (Wildman–Crippen MR) is 134 cm³/mol. The second-order valence-electron chi connectivity index (χ2n) is 7.45. The van der Waals surface area contributed by atoms with E-state index in [0.29, 0.717) is 16.3 Å². The van der Waals surface area contributed by atoms with Crippen LogP contribution in [0, 0.1) is 5.41 Å². The molecule has 1 aliphatic heterocycles. The highest BCUT2D eigenvalue weighted by atomic mass is 35.5. The molecule has 0 atom stereocenters. The third-order valence-electron chi connectivity index (χ3n) is 4.97. The van der Waals surface area contributed by atoms with E-state index in [9.17, 15) is 22.8 Å². The number of hydrogen-bond donors (Lipinski definition) is 2. The fraction of sp³-hybridized carbons (Fsp3) is 0.0800. The van der Waals surface area contributed by atoms with Gasteiger partial charge in [-0.1, -0.05) is 41.9 Å². The van der Waals surface area contributed by atoms with Crippen LogP contribution in [0.4, 0.5) is 24.5 Å². The molecule has 1 saturated heterocycles. The monoisotopic (exact) mass is 531 g/mol. The zero-order valence-electron chi connectivity index (χ0n) is 18.3. The van der Waals surface area contributed by atoms with Gasteiger partial charge in [0.25, 0.3) is 11.8 Å². The number of halogens is 4. The molecule has 1 fully saturated rings. The van der Waals surface area contributed by atoms with Crippen molar-refractivity contribution in [2.75, 3.05) is 16.8 Å². The van der Waals surface area contributed by atoms with Crippen molar-refractivity contribution in [1.82, 2.24) is 0 Å². The van der Waals surface area contributed by atoms with E-state index in [1.807, 2.05) is 0 Å². The Morgan fingerprint density at radius 3 is 2.44 bits per heavy atom. The SMILES string of the molecule is N=C1S/C(=C\c2ccccc2OCC(=O)Nc2ccc(Cl)cc2)C(=O)N1c1ccccc1C(F)(F)F. The van der Waals surface area contributed by atoms with Gasteiger partial charge in [0.15, 0.2) is 11.8 Å². The Kier molecular flexibility index (Phi) is 7.37. The van der Waals surface area contributed by atoms with Gasteiger partial charge in [-0.25, -0.2) is 0 Å². The number of hydrogen-bond acceptors (Lipinski definition) is 5. The molecule has 3 aromatic carbocycles. The van der Waals surface area contributed by atoms with Crippen LogP contribution in [0.3, 0.4) is 0 Å². The summed E-state index contributed by atoms with van der Waals surface area (Å²) in [6.07, 6.45) is -3.27. The Morgan fingerprint density at radius 1 is 1.06 bits per heavy atom. The van der Waals surface area contributed by atoms with Gasteiger partial charge in [0.1, 0.15) is 5.75 Å². The van der Waals surface area contributed by atoms with Crippen molar-refractivity contribution in [2.45, 2.75) is 6.18 Å². The van der Waals surface area contributed by atoms with E-state index >= 15 is 0 Å². The van der Waals surface area contributed by atoms with Gasteiger partial charge >= 0.3 is 6.18 Å². The van der Waals surface area contributed by atoms with Crippen molar-refractivity contribution in [3.63, 3.8) is 0 Å². The smallest absolute Gasteiger partial charge is 0.418 e. The van der Waals surface area contributed by atoms with Crippen LogP contribution in [-0.2, 0) is 15.8 Å². The molecule has 1 aliphatic rings. The van der Waals surface area contributed by atoms with Gasteiger partial charge in [-0.3, -0.25) is 19.9 Å². The molecule has 11 heteroatoms. The van der Waals surface area contributed by atoms with Crippen LogP contribution >= 0.6 is 23.4 Å². The first-order valence-corrected chi connectivity index (χ1v) is 11.6. The number of para-hydroxylation sites is 2. The zero-order chi connectivity index (χ0) is 25.9. The summed E-state index contributed by atoms with van der Waals surface area (Å²) in [6.45, 7) is -0.329. The first-order chi connectivity index (χ1) is 17.1. The maximum Gasteiger partial charge on any atom is 0.418 e. The molecule has 6 nitrogen and oxygen atoms in total. The highest BCUT2D eigenvalue weighted by Gasteiger charge is 2.40. The topological polar surface area (TPSA) is 82.5 Å². The molecule has 0 radical (unpaired) electrons. The molecule has 2 amide bonds. The Hall–Kier alpha value is -3.76. The number of ether oxygens (including phenoxy) is 1. The van der Waals surface area contributed by atoms with Crippen LogP contribution in [0.5, 0.6) is 5.75 Å². The van der Waals surface area contributed by atoms with E-state index in [1.165, 1.54) is 18.2 Å². The van der Waals surface area contributed by atoms with Crippen LogP contribution < -0.4 is 15.0 Å². The molecule has 0 aliphatic carbocycles. The van der Waals surface area contributed by atoms with Gasteiger partial charge in [0, 0.05) is 16.3 Å². The largest absolute Gasteiger partial charge is 0.483 e. The average Bonchev–Trinajstić information content (AvgIpc) is 3.12. The first kappa shape index (κ1) is 25.3. The van der Waals surface area contributed by atoms with Gasteiger partial charge < -0.3 is 10.1 Å². The Morgan fingerprint density at radius 2 is 1.72 bits per heavy atom. The van der Waals surface area contributed by atoms with E-state index in [2.05, 4.69) is 5.32 Å². The number of carbonyl (C=O) groups is 2. The molecule has 0 aromatic heterocycles. The van der Waals surface area contributed by atoms with E-state index in [1.54, 1.807) is 48.5 Å². The quantitative estimate of drug-likeness (QED) is 0.359. The highest BCUT2D eigenvalue weighted by Crippen LogP contribution is 2.42. The molecule has 184 valence electrons. The number of alkyl halides is 3. The third kappa shape index (κ3) is 5.72. The summed E-state index contributed by atoms with van der Waals surface area (Å²) < 4.78 is 46.0. The minimum absolute atomic E-state index is 0.0404. The molecule has 36 heavy (non-hydrogen) atoms. The molecule has 0 unspecified atom stereocenters. The van der Waals surface area contributed by atoms with Crippen molar-refractivity contribution < 1.29 is 27.5 Å². The molecule has 0 spiro atoms. The van der Waals surface area contributed by atoms with Crippen LogP contribution in [0.15, 0.2) is 77.7 Å². The highest BCUT2D eigenvalue weighted by molar-refractivity contribution is 8.19. The normalized spacial score (nSPS) is 14.9. The molecular weight excluding hydrogens is 515 g/mol. The molecule has 2 N–H and O–H groups in total. The minimum Gasteiger partial charge on any atom is -0.483 e. The summed E-state index contributed by atoms with van der Waals surface area (Å²) >= 11 is 6.57. The Bertz CT molecular complexity index is 1360. The predicted octanol–water partition coefficient (Wildman–Crippen LogP) is 6.43. The number of anilines is 2. The Balaban J connectivity index is 1.52. The lowest BCUT2D eigenvalue weighted by atomic mass is 10.1. The van der Waals surface area contributed by atoms with Crippen LogP contribution in [-0.4, -0.2) is 23.6 Å². The zero-order valence-corrected chi connectivity index (χ0v) is 19.9. The second-order valence-corrected chi connectivity index (χ2v) is 8.92. The fourth-order valence-electron chi connectivity index (χ4n) is 3.36. The number of carbonyl (C=O) groups excluding carboxylic acids is 2. The summed E-state index contributed by atoms with van der Waals surface area (Å²) in [7, 11) is 0. The minimum atomic E-state index is -4.69. The maximum atomic E-state index is 13.5. The van der Waals surface area contributed by atoms with Crippen molar-refractivity contribution in [1.29, 1.82) is 5.41 Å². The van der Waals surface area contributed by atoms with Crippen LogP contribution in [0.2, 0.25) is 5.02 Å². The Labute approximate surface area is 213 Å². The van der Waals surface area contributed by atoms with E-state index in [-0.39, 0.29) is 22.4 Å². The molecule has 0 bridgehead atoms. The lowest BCUT2D eigenvalue weighted by Crippen LogP contribution is -2.30. The standard InChI is InChI=1S/C25H17ClF3N3O3S/c26-16-9-11-17(12-10-16)31-22(33)14-35-20-8-4-1-5-15(20)13-21-23(34)32(24(30)36-21)19-7-3-2-6-18(19)25(27,28)29/h1-13,30H,14H2,(H,31,33)/b21-13-,30-24?. The number of amidine groups is 1. The van der Waals surface area contributed by atoms with Gasteiger partial charge in [-0.05, 0) is 60.3 Å². The summed E-state index contributed by atoms with van der Waals surface area (Å²) in [5.74, 6) is -0.912. The number of nitrogens with zero attached hydrogens (tertiary/aromatic N) is 1. The lowest BCUT2D eigenvalue weighted by Gasteiger charge is -2.19. The fourth-order valence-corrected chi connectivity index (χ4v) is 4.33. The second kappa shape index (κ2) is 10.5. The van der Waals surface area contributed by atoms with Gasteiger partial charge in [-0.15, -0.1) is 0 Å². The molecule has 1 heterocycles. The van der Waals surface area contributed by atoms with Gasteiger partial charge in [0.05, 0.1) is 16.2 Å². The third-order valence-corrected chi connectivity index (χ3v) is 6.11. The van der Waals surface area contributed by atoms with Gasteiger partial charge in [-0.2, -0.15) is 13.2 Å². The number of rotatable bonds is 6. The molecule has 0 saturated carbocycles. The number of amides is 2. The number of benzene rings is 3. The van der Waals surface area contributed by atoms with Crippen molar-refractivity contribution in [3.05, 3.63) is 93.9 Å². The summed E-state index contributed by atoms with van der Waals surface area (Å²) in [5.41, 5.74) is -0.472. The molecule has 3 aromatic rings. The number of thioether (sulfide) groups is 1. The summed E-state index contributed by atoms with van der Waals surface area (Å²) in [6, 6.07) is 17.7.